The molecule has 0 amide bonds. The first-order valence-corrected chi connectivity index (χ1v) is 6.22. The Kier molecular flexibility index (Phi) is 3.49. The summed E-state index contributed by atoms with van der Waals surface area (Å²) in [7, 11) is 2.00. The van der Waals surface area contributed by atoms with Gasteiger partial charge in [0.2, 0.25) is 0 Å². The van der Waals surface area contributed by atoms with Gasteiger partial charge in [-0.2, -0.15) is 0 Å². The summed E-state index contributed by atoms with van der Waals surface area (Å²) in [4.78, 5) is 2.53. The molecule has 1 aliphatic heterocycles. The smallest absolute Gasteiger partial charge is 0.0402 e. The van der Waals surface area contributed by atoms with Gasteiger partial charge in [-0.05, 0) is 36.6 Å². The molecule has 0 saturated carbocycles. The van der Waals surface area contributed by atoms with E-state index < -0.39 is 0 Å². The van der Waals surface area contributed by atoms with Crippen molar-refractivity contribution in [2.45, 2.75) is 26.8 Å². The minimum Gasteiger partial charge on any atom is -0.371 e. The van der Waals surface area contributed by atoms with E-state index in [1.165, 1.54) is 36.3 Å². The van der Waals surface area contributed by atoms with Crippen molar-refractivity contribution < 1.29 is 0 Å². The highest BCUT2D eigenvalue weighted by Crippen LogP contribution is 2.29. The second-order valence-corrected chi connectivity index (χ2v) is 5.08. The minimum absolute atomic E-state index is 0.735. The summed E-state index contributed by atoms with van der Waals surface area (Å²) in [5.74, 6) is 0.735. The average molecular weight is 218 g/mol. The van der Waals surface area contributed by atoms with Gasteiger partial charge in [0.05, 0.1) is 0 Å². The molecule has 1 aliphatic rings. The third-order valence-electron chi connectivity index (χ3n) is 3.11. The van der Waals surface area contributed by atoms with Crippen LogP contribution in [0.4, 0.5) is 5.69 Å². The molecule has 0 bridgehead atoms. The van der Waals surface area contributed by atoms with Gasteiger partial charge in [-0.3, -0.25) is 0 Å². The molecule has 2 nitrogen and oxygen atoms in total. The maximum Gasteiger partial charge on any atom is 0.0402 e. The number of hydrogen-bond acceptors (Lipinski definition) is 2. The summed E-state index contributed by atoms with van der Waals surface area (Å²) in [6, 6.07) is 6.89. The van der Waals surface area contributed by atoms with Crippen LogP contribution in [0.5, 0.6) is 0 Å². The number of fused-ring (bicyclic) bond motifs is 1. The van der Waals surface area contributed by atoms with E-state index in [2.05, 4.69) is 42.3 Å². The van der Waals surface area contributed by atoms with E-state index in [1.54, 1.807) is 0 Å². The first-order valence-electron chi connectivity index (χ1n) is 6.22. The Balaban J connectivity index is 2.19. The number of rotatable bonds is 4. The van der Waals surface area contributed by atoms with E-state index in [4.69, 9.17) is 0 Å². The van der Waals surface area contributed by atoms with Crippen LogP contribution in [0.3, 0.4) is 0 Å². The number of nitrogens with zero attached hydrogens (tertiary/aromatic N) is 1. The summed E-state index contributed by atoms with van der Waals surface area (Å²) in [5.41, 5.74) is 4.36. The zero-order chi connectivity index (χ0) is 11.5. The van der Waals surface area contributed by atoms with E-state index in [-0.39, 0.29) is 0 Å². The maximum absolute atomic E-state index is 3.21. The summed E-state index contributed by atoms with van der Waals surface area (Å²) < 4.78 is 0. The summed E-state index contributed by atoms with van der Waals surface area (Å²) in [5, 5.41) is 3.21. The van der Waals surface area contributed by atoms with Crippen LogP contribution >= 0.6 is 0 Å². The lowest BCUT2D eigenvalue weighted by atomic mass is 10.1. The van der Waals surface area contributed by atoms with E-state index in [9.17, 15) is 0 Å². The molecule has 0 unspecified atom stereocenters. The lowest BCUT2D eigenvalue weighted by Gasteiger charge is -2.22. The Bertz CT molecular complexity index is 358. The Hall–Kier alpha value is -1.02. The molecule has 0 radical (unpaired) electrons. The molecule has 0 spiro atoms. The molecule has 88 valence electrons. The molecule has 0 aliphatic carbocycles. The highest BCUT2D eigenvalue weighted by molar-refractivity contribution is 5.59. The van der Waals surface area contributed by atoms with Gasteiger partial charge in [0.1, 0.15) is 0 Å². The molecule has 1 heterocycles. The van der Waals surface area contributed by atoms with Crippen LogP contribution in [-0.2, 0) is 13.0 Å². The number of hydrogen-bond donors (Lipinski definition) is 1. The van der Waals surface area contributed by atoms with Crippen molar-refractivity contribution in [3.63, 3.8) is 0 Å². The van der Waals surface area contributed by atoms with Crippen molar-refractivity contribution >= 4 is 5.69 Å². The predicted octanol–water partition coefficient (Wildman–Crippen LogP) is 2.42. The Morgan fingerprint density at radius 2 is 2.19 bits per heavy atom. The van der Waals surface area contributed by atoms with Crippen LogP contribution in [-0.4, -0.2) is 20.1 Å². The molecule has 0 aromatic heterocycles. The molecule has 0 fully saturated rings. The second kappa shape index (κ2) is 4.88. The highest BCUT2D eigenvalue weighted by atomic mass is 15.1. The zero-order valence-electron chi connectivity index (χ0n) is 10.6. The molecule has 1 aromatic rings. The van der Waals surface area contributed by atoms with E-state index in [1.807, 2.05) is 7.05 Å². The van der Waals surface area contributed by atoms with E-state index >= 15 is 0 Å². The SMILES string of the molecule is CNCc1ccc2c(c1)N(CC(C)C)CC2. The molecule has 0 saturated heterocycles. The Labute approximate surface area is 98.7 Å². The van der Waals surface area contributed by atoms with Crippen LogP contribution < -0.4 is 10.2 Å². The topological polar surface area (TPSA) is 15.3 Å². The summed E-state index contributed by atoms with van der Waals surface area (Å²) in [6.45, 7) is 7.90. The Morgan fingerprint density at radius 1 is 1.38 bits per heavy atom. The van der Waals surface area contributed by atoms with Crippen LogP contribution in [0.25, 0.3) is 0 Å². The molecule has 2 heteroatoms. The average Bonchev–Trinajstić information content (AvgIpc) is 2.61. The van der Waals surface area contributed by atoms with Crippen molar-refractivity contribution in [1.29, 1.82) is 0 Å². The zero-order valence-corrected chi connectivity index (χ0v) is 10.6. The van der Waals surface area contributed by atoms with E-state index in [0.717, 1.165) is 12.5 Å². The fraction of sp³-hybridized carbons (Fsp3) is 0.571. The van der Waals surface area contributed by atoms with Crippen molar-refractivity contribution in [3.05, 3.63) is 29.3 Å². The normalized spacial score (nSPS) is 14.6. The standard InChI is InChI=1S/C14H22N2/c1-11(2)10-16-7-6-13-5-4-12(9-15-3)8-14(13)16/h4-5,8,11,15H,6-7,9-10H2,1-3H3. The van der Waals surface area contributed by atoms with Gasteiger partial charge in [-0.1, -0.05) is 26.0 Å². The molecule has 1 N–H and O–H groups in total. The molecule has 16 heavy (non-hydrogen) atoms. The number of benzene rings is 1. The fourth-order valence-corrected chi connectivity index (χ4v) is 2.44. The van der Waals surface area contributed by atoms with Crippen molar-refractivity contribution in [2.24, 2.45) is 5.92 Å². The van der Waals surface area contributed by atoms with Crippen LogP contribution in [0, 0.1) is 5.92 Å². The predicted molar refractivity (Wildman–Crippen MR) is 70.0 cm³/mol. The van der Waals surface area contributed by atoms with Gasteiger partial charge < -0.3 is 10.2 Å². The van der Waals surface area contributed by atoms with Crippen molar-refractivity contribution in [1.82, 2.24) is 5.32 Å². The Morgan fingerprint density at radius 3 is 2.88 bits per heavy atom. The number of anilines is 1. The lowest BCUT2D eigenvalue weighted by molar-refractivity contribution is 0.622. The third-order valence-corrected chi connectivity index (χ3v) is 3.11. The summed E-state index contributed by atoms with van der Waals surface area (Å²) in [6.07, 6.45) is 1.21. The fourth-order valence-electron chi connectivity index (χ4n) is 2.44. The maximum atomic E-state index is 3.21. The second-order valence-electron chi connectivity index (χ2n) is 5.08. The van der Waals surface area contributed by atoms with Gasteiger partial charge in [0, 0.05) is 25.3 Å². The van der Waals surface area contributed by atoms with Gasteiger partial charge in [-0.25, -0.2) is 0 Å². The van der Waals surface area contributed by atoms with Crippen LogP contribution in [0.2, 0.25) is 0 Å². The largest absolute Gasteiger partial charge is 0.371 e. The van der Waals surface area contributed by atoms with Gasteiger partial charge in [0.25, 0.3) is 0 Å². The first kappa shape index (κ1) is 11.5. The van der Waals surface area contributed by atoms with E-state index in [0.29, 0.717) is 0 Å². The number of nitrogens with one attached hydrogen (secondary N) is 1. The highest BCUT2D eigenvalue weighted by Gasteiger charge is 2.19. The third kappa shape index (κ3) is 2.38. The lowest BCUT2D eigenvalue weighted by Crippen LogP contribution is -2.25. The van der Waals surface area contributed by atoms with Crippen LogP contribution in [0.1, 0.15) is 25.0 Å². The van der Waals surface area contributed by atoms with Crippen molar-refractivity contribution in [3.8, 4) is 0 Å². The first-order chi connectivity index (χ1) is 7.70. The van der Waals surface area contributed by atoms with Crippen molar-refractivity contribution in [2.75, 3.05) is 25.0 Å². The summed E-state index contributed by atoms with van der Waals surface area (Å²) >= 11 is 0. The molecule has 0 atom stereocenters. The molecular weight excluding hydrogens is 196 g/mol. The molecule has 2 rings (SSSR count). The quantitative estimate of drug-likeness (QED) is 0.835. The molecule has 1 aromatic carbocycles. The monoisotopic (exact) mass is 218 g/mol. The van der Waals surface area contributed by atoms with Gasteiger partial charge in [0.15, 0.2) is 0 Å². The van der Waals surface area contributed by atoms with Gasteiger partial charge in [-0.15, -0.1) is 0 Å². The minimum atomic E-state index is 0.735. The van der Waals surface area contributed by atoms with Gasteiger partial charge >= 0.3 is 0 Å². The van der Waals surface area contributed by atoms with Crippen LogP contribution in [0.15, 0.2) is 18.2 Å². The molecular formula is C14H22N2.